The van der Waals surface area contributed by atoms with Gasteiger partial charge in [-0.05, 0) is 32.6 Å². The predicted molar refractivity (Wildman–Crippen MR) is 91.5 cm³/mol. The summed E-state index contributed by atoms with van der Waals surface area (Å²) in [5.41, 5.74) is 1.60. The summed E-state index contributed by atoms with van der Waals surface area (Å²) in [6.45, 7) is 6.41. The first-order valence-electron chi connectivity index (χ1n) is 9.08. The zero-order valence-electron chi connectivity index (χ0n) is 14.7. The van der Waals surface area contributed by atoms with E-state index in [9.17, 15) is 9.90 Å². The fourth-order valence-corrected chi connectivity index (χ4v) is 3.69. The molecular weight excluding hydrogens is 290 g/mol. The maximum Gasteiger partial charge on any atom is 0.254 e. The molecule has 1 amide bonds. The zero-order valence-corrected chi connectivity index (χ0v) is 14.7. The summed E-state index contributed by atoms with van der Waals surface area (Å²) < 4.78 is 1.98. The Morgan fingerprint density at radius 1 is 1.35 bits per heavy atom. The first-order valence-corrected chi connectivity index (χ1v) is 9.08. The molecule has 1 saturated carbocycles. The number of nitrogens with zero attached hydrogens (tertiary/aromatic N) is 2. The van der Waals surface area contributed by atoms with Crippen molar-refractivity contribution in [1.82, 2.24) is 15.1 Å². The Kier molecular flexibility index (Phi) is 6.63. The van der Waals surface area contributed by atoms with E-state index in [-0.39, 0.29) is 24.5 Å². The minimum Gasteiger partial charge on any atom is -0.396 e. The van der Waals surface area contributed by atoms with Gasteiger partial charge in [0.25, 0.3) is 5.91 Å². The molecule has 1 aromatic heterocycles. The number of hydrogen-bond acceptors (Lipinski definition) is 3. The van der Waals surface area contributed by atoms with Crippen LogP contribution in [0.1, 0.15) is 80.9 Å². The molecule has 1 aliphatic carbocycles. The summed E-state index contributed by atoms with van der Waals surface area (Å²) >= 11 is 0. The van der Waals surface area contributed by atoms with Crippen molar-refractivity contribution in [3.8, 4) is 0 Å². The topological polar surface area (TPSA) is 67.2 Å². The number of amides is 1. The first-order chi connectivity index (χ1) is 11.1. The van der Waals surface area contributed by atoms with E-state index in [0.29, 0.717) is 11.6 Å². The lowest BCUT2D eigenvalue weighted by molar-refractivity contribution is 0.0898. The standard InChI is InChI=1S/C18H31N3O2/c1-4-15(5-2)21-13(3)16(11-19-21)18(23)20-17-10-8-6-7-9-14(17)12-22/h11,14-15,17,22H,4-10,12H2,1-3H3,(H,20,23). The van der Waals surface area contributed by atoms with Crippen molar-refractivity contribution >= 4 is 5.91 Å². The van der Waals surface area contributed by atoms with Crippen LogP contribution in [-0.2, 0) is 0 Å². The number of hydrogen-bond donors (Lipinski definition) is 2. The minimum absolute atomic E-state index is 0.0509. The van der Waals surface area contributed by atoms with Crippen molar-refractivity contribution in [1.29, 1.82) is 0 Å². The van der Waals surface area contributed by atoms with E-state index in [2.05, 4.69) is 24.3 Å². The number of nitrogens with one attached hydrogen (secondary N) is 1. The Labute approximate surface area is 139 Å². The molecule has 2 atom stereocenters. The lowest BCUT2D eigenvalue weighted by Gasteiger charge is -2.24. The molecule has 2 N–H and O–H groups in total. The third kappa shape index (κ3) is 4.14. The predicted octanol–water partition coefficient (Wildman–Crippen LogP) is 3.22. The number of aromatic nitrogens is 2. The van der Waals surface area contributed by atoms with Crippen molar-refractivity contribution in [2.45, 2.75) is 77.8 Å². The molecular formula is C18H31N3O2. The van der Waals surface area contributed by atoms with E-state index in [0.717, 1.165) is 44.2 Å². The number of aliphatic hydroxyl groups excluding tert-OH is 1. The van der Waals surface area contributed by atoms with Crippen molar-refractivity contribution in [2.75, 3.05) is 6.61 Å². The van der Waals surface area contributed by atoms with Gasteiger partial charge in [0.1, 0.15) is 0 Å². The highest BCUT2D eigenvalue weighted by Crippen LogP contribution is 2.24. The number of aliphatic hydroxyl groups is 1. The summed E-state index contributed by atoms with van der Waals surface area (Å²) in [6.07, 6.45) is 9.10. The van der Waals surface area contributed by atoms with Crippen LogP contribution < -0.4 is 5.32 Å². The molecule has 5 nitrogen and oxygen atoms in total. The summed E-state index contributed by atoms with van der Waals surface area (Å²) in [7, 11) is 0. The van der Waals surface area contributed by atoms with Crippen molar-refractivity contribution in [2.24, 2.45) is 5.92 Å². The molecule has 0 bridgehead atoms. The molecule has 0 saturated heterocycles. The van der Waals surface area contributed by atoms with Crippen LogP contribution in [0.15, 0.2) is 6.20 Å². The minimum atomic E-state index is -0.0509. The average Bonchev–Trinajstić information content (AvgIpc) is 2.79. The molecule has 0 aromatic carbocycles. The van der Waals surface area contributed by atoms with Crippen LogP contribution >= 0.6 is 0 Å². The Hall–Kier alpha value is -1.36. The molecule has 1 aromatic rings. The molecule has 2 rings (SSSR count). The molecule has 2 unspecified atom stereocenters. The van der Waals surface area contributed by atoms with Gasteiger partial charge in [0.2, 0.25) is 0 Å². The van der Waals surface area contributed by atoms with Gasteiger partial charge in [-0.3, -0.25) is 9.48 Å². The molecule has 1 aliphatic rings. The average molecular weight is 321 g/mol. The lowest BCUT2D eigenvalue weighted by Crippen LogP contribution is -2.41. The van der Waals surface area contributed by atoms with Crippen LogP contribution in [0, 0.1) is 12.8 Å². The van der Waals surface area contributed by atoms with Crippen LogP contribution in [-0.4, -0.2) is 33.4 Å². The third-order valence-electron chi connectivity index (χ3n) is 5.29. The van der Waals surface area contributed by atoms with Crippen molar-refractivity contribution in [3.05, 3.63) is 17.5 Å². The highest BCUT2D eigenvalue weighted by molar-refractivity contribution is 5.95. The quantitative estimate of drug-likeness (QED) is 0.791. The highest BCUT2D eigenvalue weighted by Gasteiger charge is 2.26. The third-order valence-corrected chi connectivity index (χ3v) is 5.29. The van der Waals surface area contributed by atoms with Gasteiger partial charge in [-0.1, -0.05) is 33.1 Å². The van der Waals surface area contributed by atoms with E-state index in [4.69, 9.17) is 0 Å². The Bertz CT molecular complexity index is 508. The summed E-state index contributed by atoms with van der Waals surface area (Å²) in [5.74, 6) is 0.126. The van der Waals surface area contributed by atoms with E-state index >= 15 is 0 Å². The van der Waals surface area contributed by atoms with Gasteiger partial charge < -0.3 is 10.4 Å². The molecule has 1 heterocycles. The molecule has 0 aliphatic heterocycles. The van der Waals surface area contributed by atoms with Gasteiger partial charge in [0, 0.05) is 24.3 Å². The lowest BCUT2D eigenvalue weighted by atomic mass is 9.95. The van der Waals surface area contributed by atoms with Crippen LogP contribution in [0.2, 0.25) is 0 Å². The van der Waals surface area contributed by atoms with Gasteiger partial charge in [0.05, 0.1) is 17.8 Å². The maximum atomic E-state index is 12.7. The van der Waals surface area contributed by atoms with Crippen molar-refractivity contribution < 1.29 is 9.90 Å². The molecule has 5 heteroatoms. The fraction of sp³-hybridized carbons (Fsp3) is 0.778. The number of carbonyl (C=O) groups is 1. The van der Waals surface area contributed by atoms with Crippen LogP contribution in [0.5, 0.6) is 0 Å². The molecule has 0 spiro atoms. The molecule has 23 heavy (non-hydrogen) atoms. The monoisotopic (exact) mass is 321 g/mol. The van der Waals surface area contributed by atoms with Gasteiger partial charge in [0.15, 0.2) is 0 Å². The van der Waals surface area contributed by atoms with E-state index in [1.165, 1.54) is 6.42 Å². The van der Waals surface area contributed by atoms with Crippen LogP contribution in [0.4, 0.5) is 0 Å². The number of carbonyl (C=O) groups excluding carboxylic acids is 1. The largest absolute Gasteiger partial charge is 0.396 e. The Morgan fingerprint density at radius 2 is 2.04 bits per heavy atom. The zero-order chi connectivity index (χ0) is 16.8. The molecule has 1 fully saturated rings. The second-order valence-corrected chi connectivity index (χ2v) is 6.72. The van der Waals surface area contributed by atoms with Gasteiger partial charge in [-0.2, -0.15) is 5.10 Å². The SMILES string of the molecule is CCC(CC)n1ncc(C(=O)NC2CCCCCC2CO)c1C. The summed E-state index contributed by atoms with van der Waals surface area (Å²) in [5, 5.41) is 17.2. The summed E-state index contributed by atoms with van der Waals surface area (Å²) in [6, 6.07) is 0.422. The smallest absolute Gasteiger partial charge is 0.254 e. The molecule has 130 valence electrons. The van der Waals surface area contributed by atoms with E-state index in [1.807, 2.05) is 11.6 Å². The van der Waals surface area contributed by atoms with Crippen LogP contribution in [0.25, 0.3) is 0 Å². The van der Waals surface area contributed by atoms with Gasteiger partial charge in [-0.25, -0.2) is 0 Å². The van der Waals surface area contributed by atoms with Crippen molar-refractivity contribution in [3.63, 3.8) is 0 Å². The van der Waals surface area contributed by atoms with E-state index in [1.54, 1.807) is 6.20 Å². The normalized spacial score (nSPS) is 22.1. The highest BCUT2D eigenvalue weighted by atomic mass is 16.3. The fourth-order valence-electron chi connectivity index (χ4n) is 3.69. The van der Waals surface area contributed by atoms with E-state index < -0.39 is 0 Å². The maximum absolute atomic E-state index is 12.7. The summed E-state index contributed by atoms with van der Waals surface area (Å²) in [4.78, 5) is 12.7. The number of rotatable bonds is 6. The Morgan fingerprint density at radius 3 is 2.70 bits per heavy atom. The van der Waals surface area contributed by atoms with Gasteiger partial charge >= 0.3 is 0 Å². The second kappa shape index (κ2) is 8.48. The molecule has 0 radical (unpaired) electrons. The van der Waals surface area contributed by atoms with Crippen LogP contribution in [0.3, 0.4) is 0 Å². The van der Waals surface area contributed by atoms with Gasteiger partial charge in [-0.15, -0.1) is 0 Å². The second-order valence-electron chi connectivity index (χ2n) is 6.72. The Balaban J connectivity index is 2.11. The first kappa shape index (κ1) is 18.0.